The number of carboxylic acid groups (broad SMARTS) is 1. The summed E-state index contributed by atoms with van der Waals surface area (Å²) < 4.78 is 11.0. The molecule has 0 amide bonds. The molecule has 92 valence electrons. The van der Waals surface area contributed by atoms with Crippen LogP contribution in [0.25, 0.3) is 0 Å². The van der Waals surface area contributed by atoms with E-state index in [1.807, 2.05) is 0 Å². The average Bonchev–Trinajstić information content (AvgIpc) is 2.64. The Labute approximate surface area is 94.7 Å². The highest BCUT2D eigenvalue weighted by Crippen LogP contribution is 2.29. The molecule has 1 rings (SSSR count). The largest absolute Gasteiger partial charge is 0.478 e. The fourth-order valence-electron chi connectivity index (χ4n) is 1.63. The maximum atomic E-state index is 10.3. The van der Waals surface area contributed by atoms with Gasteiger partial charge in [-0.2, -0.15) is 0 Å². The van der Waals surface area contributed by atoms with Crippen molar-refractivity contribution in [2.24, 2.45) is 0 Å². The molecule has 1 aliphatic heterocycles. The summed E-state index contributed by atoms with van der Waals surface area (Å²) >= 11 is 0. The van der Waals surface area contributed by atoms with Gasteiger partial charge in [0.2, 0.25) is 0 Å². The molecule has 1 fully saturated rings. The number of aliphatic hydroxyl groups is 1. The van der Waals surface area contributed by atoms with Crippen molar-refractivity contribution in [3.63, 3.8) is 0 Å². The van der Waals surface area contributed by atoms with Crippen LogP contribution in [0.1, 0.15) is 26.2 Å². The number of ether oxygens (including phenoxy) is 2. The molecule has 0 saturated carbocycles. The van der Waals surface area contributed by atoms with Crippen LogP contribution in [0.5, 0.6) is 0 Å². The Hall–Kier alpha value is -0.910. The fourth-order valence-corrected chi connectivity index (χ4v) is 1.63. The van der Waals surface area contributed by atoms with Crippen molar-refractivity contribution in [3.05, 3.63) is 12.2 Å². The van der Waals surface area contributed by atoms with Crippen molar-refractivity contribution in [2.45, 2.75) is 38.1 Å². The minimum atomic E-state index is -0.983. The van der Waals surface area contributed by atoms with E-state index >= 15 is 0 Å². The Balaban J connectivity index is 2.48. The third kappa shape index (κ3) is 4.30. The predicted octanol–water partition coefficient (Wildman–Crippen LogP) is 0.921. The molecule has 1 aliphatic rings. The number of carbonyl (C=O) groups is 1. The number of aliphatic carboxylic acids is 1. The van der Waals surface area contributed by atoms with Crippen molar-refractivity contribution in [1.82, 2.24) is 0 Å². The van der Waals surface area contributed by atoms with Gasteiger partial charge in [-0.05, 0) is 13.3 Å². The van der Waals surface area contributed by atoms with Crippen molar-refractivity contribution in [1.29, 1.82) is 0 Å². The molecular formula is C11H18O5. The van der Waals surface area contributed by atoms with Crippen molar-refractivity contribution in [2.75, 3.05) is 13.2 Å². The van der Waals surface area contributed by atoms with Gasteiger partial charge in [0.25, 0.3) is 0 Å². The van der Waals surface area contributed by atoms with Crippen LogP contribution in [0.3, 0.4) is 0 Å². The molecule has 5 nitrogen and oxygen atoms in total. The third-order valence-electron chi connectivity index (χ3n) is 2.45. The summed E-state index contributed by atoms with van der Waals surface area (Å²) in [7, 11) is 0. The molecule has 1 atom stereocenters. The first-order valence-corrected chi connectivity index (χ1v) is 5.39. The van der Waals surface area contributed by atoms with Crippen molar-refractivity contribution < 1.29 is 24.5 Å². The second-order valence-electron chi connectivity index (χ2n) is 3.94. The van der Waals surface area contributed by atoms with Gasteiger partial charge >= 0.3 is 5.97 Å². The zero-order valence-corrected chi connectivity index (χ0v) is 9.39. The van der Waals surface area contributed by atoms with Gasteiger partial charge in [-0.15, -0.1) is 0 Å². The van der Waals surface area contributed by atoms with Gasteiger partial charge in [-0.1, -0.05) is 6.08 Å². The van der Waals surface area contributed by atoms with Gasteiger partial charge < -0.3 is 19.7 Å². The molecule has 0 aliphatic carbocycles. The average molecular weight is 230 g/mol. The quantitative estimate of drug-likeness (QED) is 0.664. The van der Waals surface area contributed by atoms with E-state index in [1.54, 1.807) is 6.92 Å². The monoisotopic (exact) mass is 230 g/mol. The number of aliphatic hydroxyl groups excluding tert-OH is 1. The van der Waals surface area contributed by atoms with Gasteiger partial charge in [-0.3, -0.25) is 0 Å². The first-order chi connectivity index (χ1) is 7.54. The second kappa shape index (κ2) is 5.98. The molecular weight excluding hydrogens is 212 g/mol. The second-order valence-corrected chi connectivity index (χ2v) is 3.94. The highest BCUT2D eigenvalue weighted by atomic mass is 16.7. The standard InChI is InChI=1S/C11H18O5/c1-9(12)4-6-11(15-7-8-16-11)5-2-3-10(13)14/h2-3,9,12H,4-8H2,1H3,(H,13,14)/b3-2+. The molecule has 5 heteroatoms. The Kier molecular flexibility index (Phi) is 4.92. The lowest BCUT2D eigenvalue weighted by atomic mass is 10.0. The summed E-state index contributed by atoms with van der Waals surface area (Å²) in [5.41, 5.74) is 0. The molecule has 0 radical (unpaired) electrons. The summed E-state index contributed by atoms with van der Waals surface area (Å²) in [4.78, 5) is 10.3. The summed E-state index contributed by atoms with van der Waals surface area (Å²) in [5.74, 6) is -1.73. The van der Waals surface area contributed by atoms with Crippen LogP contribution < -0.4 is 0 Å². The number of rotatable bonds is 6. The van der Waals surface area contributed by atoms with E-state index in [9.17, 15) is 9.90 Å². The van der Waals surface area contributed by atoms with Gasteiger partial charge in [-0.25, -0.2) is 4.79 Å². The predicted molar refractivity (Wildman–Crippen MR) is 56.9 cm³/mol. The minimum absolute atomic E-state index is 0.395. The van der Waals surface area contributed by atoms with E-state index in [4.69, 9.17) is 14.6 Å². The number of carboxylic acids is 1. The summed E-state index contributed by atoms with van der Waals surface area (Å²) in [5, 5.41) is 17.7. The molecule has 0 spiro atoms. The first kappa shape index (κ1) is 13.2. The van der Waals surface area contributed by atoms with Crippen LogP contribution in [-0.4, -0.2) is 41.3 Å². The molecule has 0 aromatic heterocycles. The molecule has 2 N–H and O–H groups in total. The third-order valence-corrected chi connectivity index (χ3v) is 2.45. The number of hydrogen-bond donors (Lipinski definition) is 2. The summed E-state index contributed by atoms with van der Waals surface area (Å²) in [6.07, 6.45) is 3.72. The Morgan fingerprint density at radius 2 is 2.12 bits per heavy atom. The molecule has 0 aromatic carbocycles. The molecule has 0 bridgehead atoms. The van der Waals surface area contributed by atoms with Crippen LogP contribution in [-0.2, 0) is 14.3 Å². The fraction of sp³-hybridized carbons (Fsp3) is 0.727. The molecule has 1 unspecified atom stereocenters. The number of hydrogen-bond acceptors (Lipinski definition) is 4. The highest BCUT2D eigenvalue weighted by Gasteiger charge is 2.35. The summed E-state index contributed by atoms with van der Waals surface area (Å²) in [6, 6.07) is 0. The van der Waals surface area contributed by atoms with Crippen molar-refractivity contribution >= 4 is 5.97 Å². The van der Waals surface area contributed by atoms with Gasteiger partial charge in [0.05, 0.1) is 19.3 Å². The van der Waals surface area contributed by atoms with Gasteiger partial charge in [0.15, 0.2) is 5.79 Å². The maximum absolute atomic E-state index is 10.3. The van der Waals surface area contributed by atoms with E-state index in [-0.39, 0.29) is 0 Å². The van der Waals surface area contributed by atoms with E-state index in [1.165, 1.54) is 6.08 Å². The van der Waals surface area contributed by atoms with Crippen LogP contribution in [0.15, 0.2) is 12.2 Å². The molecule has 16 heavy (non-hydrogen) atoms. The Morgan fingerprint density at radius 3 is 2.62 bits per heavy atom. The molecule has 1 saturated heterocycles. The minimum Gasteiger partial charge on any atom is -0.478 e. The maximum Gasteiger partial charge on any atom is 0.327 e. The van der Waals surface area contributed by atoms with Crippen LogP contribution >= 0.6 is 0 Å². The van der Waals surface area contributed by atoms with E-state index < -0.39 is 17.9 Å². The topological polar surface area (TPSA) is 76.0 Å². The Bertz CT molecular complexity index is 253. The van der Waals surface area contributed by atoms with E-state index in [0.29, 0.717) is 32.5 Å². The highest BCUT2D eigenvalue weighted by molar-refractivity contribution is 5.79. The molecule has 0 aromatic rings. The lowest BCUT2D eigenvalue weighted by molar-refractivity contribution is -0.162. The van der Waals surface area contributed by atoms with Crippen molar-refractivity contribution in [3.8, 4) is 0 Å². The van der Waals surface area contributed by atoms with E-state index in [0.717, 1.165) is 6.08 Å². The van der Waals surface area contributed by atoms with Gasteiger partial charge in [0.1, 0.15) is 0 Å². The smallest absolute Gasteiger partial charge is 0.327 e. The lowest BCUT2D eigenvalue weighted by Gasteiger charge is -2.26. The Morgan fingerprint density at radius 1 is 1.50 bits per heavy atom. The summed E-state index contributed by atoms with van der Waals surface area (Å²) in [6.45, 7) is 2.73. The van der Waals surface area contributed by atoms with Crippen LogP contribution in [0.4, 0.5) is 0 Å². The molecule has 1 heterocycles. The normalized spacial score (nSPS) is 21.4. The van der Waals surface area contributed by atoms with Gasteiger partial charge in [0, 0.05) is 18.9 Å². The van der Waals surface area contributed by atoms with Crippen LogP contribution in [0.2, 0.25) is 0 Å². The van der Waals surface area contributed by atoms with Crippen LogP contribution in [0, 0.1) is 0 Å². The first-order valence-electron chi connectivity index (χ1n) is 5.39. The lowest BCUT2D eigenvalue weighted by Crippen LogP contribution is -2.30. The van der Waals surface area contributed by atoms with E-state index in [2.05, 4.69) is 0 Å². The zero-order chi connectivity index (χ0) is 12.0. The zero-order valence-electron chi connectivity index (χ0n) is 9.39. The SMILES string of the molecule is CC(O)CCC1(C/C=C/C(=O)O)OCCO1.